The molecule has 0 aromatic carbocycles. The average molecular weight is 199 g/mol. The molecule has 0 bridgehead atoms. The molecule has 1 heteroatoms. The van der Waals surface area contributed by atoms with E-state index in [1.807, 2.05) is 6.08 Å². The summed E-state index contributed by atoms with van der Waals surface area (Å²) in [6.45, 7) is 0. The Labute approximate surface area is 86.7 Å². The fraction of sp³-hybridized carbons (Fsp3) is 0.667. The van der Waals surface area contributed by atoms with Crippen molar-refractivity contribution in [2.24, 2.45) is 0 Å². The standard InChI is InChI=1S/C12H19Cl/c13-12-10-8-6-4-2-1-3-5-7-9-11-12/h6,8,10H,1-5,7,9,11H2/b8-6+,12-10+. The number of hydrogen-bond acceptors (Lipinski definition) is 0. The third kappa shape index (κ3) is 5.93. The zero-order valence-corrected chi connectivity index (χ0v) is 9.02. The highest BCUT2D eigenvalue weighted by molar-refractivity contribution is 6.29. The van der Waals surface area contributed by atoms with E-state index in [-0.39, 0.29) is 0 Å². The SMILES string of the molecule is Cl/C1=C/C=C/CCCCCCCC1. The maximum atomic E-state index is 6.02. The van der Waals surface area contributed by atoms with Gasteiger partial charge >= 0.3 is 0 Å². The van der Waals surface area contributed by atoms with Gasteiger partial charge in [0.15, 0.2) is 0 Å². The Morgan fingerprint density at radius 2 is 1.62 bits per heavy atom. The molecule has 1 aliphatic rings. The Morgan fingerprint density at radius 3 is 2.46 bits per heavy atom. The zero-order valence-electron chi connectivity index (χ0n) is 8.27. The first kappa shape index (κ1) is 10.8. The van der Waals surface area contributed by atoms with Gasteiger partial charge in [0.05, 0.1) is 0 Å². The highest BCUT2D eigenvalue weighted by Crippen LogP contribution is 2.16. The van der Waals surface area contributed by atoms with Crippen molar-refractivity contribution in [1.29, 1.82) is 0 Å². The summed E-state index contributed by atoms with van der Waals surface area (Å²) in [4.78, 5) is 0. The molecule has 0 saturated carbocycles. The molecule has 0 N–H and O–H groups in total. The lowest BCUT2D eigenvalue weighted by atomic mass is 10.1. The van der Waals surface area contributed by atoms with Crippen molar-refractivity contribution >= 4 is 11.6 Å². The highest BCUT2D eigenvalue weighted by Gasteiger charge is 1.94. The summed E-state index contributed by atoms with van der Waals surface area (Å²) in [5.74, 6) is 0. The van der Waals surface area contributed by atoms with Gasteiger partial charge in [-0.2, -0.15) is 0 Å². The van der Waals surface area contributed by atoms with E-state index >= 15 is 0 Å². The number of allylic oxidation sites excluding steroid dienone is 4. The molecule has 0 aromatic rings. The zero-order chi connectivity index (χ0) is 9.36. The maximum Gasteiger partial charge on any atom is 0.0180 e. The van der Waals surface area contributed by atoms with Gasteiger partial charge in [0.1, 0.15) is 0 Å². The normalized spacial score (nSPS) is 27.9. The van der Waals surface area contributed by atoms with Crippen LogP contribution in [0.2, 0.25) is 0 Å². The Bertz CT molecular complexity index is 180. The van der Waals surface area contributed by atoms with Crippen LogP contribution in [0.15, 0.2) is 23.3 Å². The van der Waals surface area contributed by atoms with Crippen molar-refractivity contribution in [1.82, 2.24) is 0 Å². The van der Waals surface area contributed by atoms with Crippen LogP contribution < -0.4 is 0 Å². The molecule has 0 amide bonds. The van der Waals surface area contributed by atoms with Gasteiger partial charge < -0.3 is 0 Å². The molecular formula is C12H19Cl. The lowest BCUT2D eigenvalue weighted by Gasteiger charge is -2.02. The molecule has 0 heterocycles. The molecule has 0 saturated heterocycles. The molecule has 13 heavy (non-hydrogen) atoms. The third-order valence-electron chi connectivity index (χ3n) is 2.45. The van der Waals surface area contributed by atoms with E-state index in [9.17, 15) is 0 Å². The summed E-state index contributed by atoms with van der Waals surface area (Å²) >= 11 is 6.02. The third-order valence-corrected chi connectivity index (χ3v) is 2.76. The average Bonchev–Trinajstić information content (AvgIpc) is 2.11. The molecule has 0 aliphatic heterocycles. The van der Waals surface area contributed by atoms with Gasteiger partial charge in [-0.25, -0.2) is 0 Å². The first-order valence-corrected chi connectivity index (χ1v) is 5.78. The summed E-state index contributed by atoms with van der Waals surface area (Å²) < 4.78 is 0. The van der Waals surface area contributed by atoms with Crippen LogP contribution in [0, 0.1) is 0 Å². The summed E-state index contributed by atoms with van der Waals surface area (Å²) in [7, 11) is 0. The van der Waals surface area contributed by atoms with Crippen molar-refractivity contribution in [3.8, 4) is 0 Å². The molecule has 0 nitrogen and oxygen atoms in total. The van der Waals surface area contributed by atoms with Crippen LogP contribution in [-0.4, -0.2) is 0 Å². The van der Waals surface area contributed by atoms with Gasteiger partial charge in [-0.05, 0) is 31.8 Å². The van der Waals surface area contributed by atoms with E-state index in [4.69, 9.17) is 11.6 Å². The topological polar surface area (TPSA) is 0 Å². The number of hydrogen-bond donors (Lipinski definition) is 0. The summed E-state index contributed by atoms with van der Waals surface area (Å²) in [6.07, 6.45) is 16.7. The molecule has 1 aliphatic carbocycles. The van der Waals surface area contributed by atoms with E-state index in [0.29, 0.717) is 0 Å². The first-order chi connectivity index (χ1) is 6.39. The molecule has 1 rings (SSSR count). The van der Waals surface area contributed by atoms with Gasteiger partial charge in [-0.1, -0.05) is 49.4 Å². The van der Waals surface area contributed by atoms with Crippen molar-refractivity contribution in [3.63, 3.8) is 0 Å². The lowest BCUT2D eigenvalue weighted by molar-refractivity contribution is 0.598. The van der Waals surface area contributed by atoms with Crippen LogP contribution >= 0.6 is 11.6 Å². The van der Waals surface area contributed by atoms with Gasteiger partial charge in [0.25, 0.3) is 0 Å². The molecule has 0 atom stereocenters. The first-order valence-electron chi connectivity index (χ1n) is 5.41. The Morgan fingerprint density at radius 1 is 0.923 bits per heavy atom. The van der Waals surface area contributed by atoms with Crippen molar-refractivity contribution in [2.75, 3.05) is 0 Å². The van der Waals surface area contributed by atoms with Crippen molar-refractivity contribution in [3.05, 3.63) is 23.3 Å². The van der Waals surface area contributed by atoms with E-state index in [2.05, 4.69) is 12.2 Å². The summed E-state index contributed by atoms with van der Waals surface area (Å²) in [5, 5.41) is 1.01. The minimum atomic E-state index is 1.01. The van der Waals surface area contributed by atoms with Crippen LogP contribution in [0.3, 0.4) is 0 Å². The van der Waals surface area contributed by atoms with Crippen molar-refractivity contribution in [2.45, 2.75) is 51.4 Å². The van der Waals surface area contributed by atoms with Gasteiger partial charge in [0.2, 0.25) is 0 Å². The maximum absolute atomic E-state index is 6.02. The molecule has 0 spiro atoms. The van der Waals surface area contributed by atoms with E-state index in [1.54, 1.807) is 0 Å². The summed E-state index contributed by atoms with van der Waals surface area (Å²) in [5.41, 5.74) is 0. The Balaban J connectivity index is 2.34. The largest absolute Gasteiger partial charge is 0.0892 e. The lowest BCUT2D eigenvalue weighted by Crippen LogP contribution is -1.82. The van der Waals surface area contributed by atoms with E-state index < -0.39 is 0 Å². The van der Waals surface area contributed by atoms with Crippen LogP contribution in [0.25, 0.3) is 0 Å². The second-order valence-electron chi connectivity index (χ2n) is 3.70. The smallest absolute Gasteiger partial charge is 0.0180 e. The fourth-order valence-corrected chi connectivity index (χ4v) is 1.82. The highest BCUT2D eigenvalue weighted by atomic mass is 35.5. The predicted molar refractivity (Wildman–Crippen MR) is 60.0 cm³/mol. The second-order valence-corrected chi connectivity index (χ2v) is 4.19. The van der Waals surface area contributed by atoms with Gasteiger partial charge in [0, 0.05) is 5.03 Å². The summed E-state index contributed by atoms with van der Waals surface area (Å²) in [6, 6.07) is 0. The minimum Gasteiger partial charge on any atom is -0.0892 e. The predicted octanol–water partition coefficient (Wildman–Crippen LogP) is 4.80. The van der Waals surface area contributed by atoms with E-state index in [1.165, 1.54) is 44.9 Å². The van der Waals surface area contributed by atoms with Crippen LogP contribution in [0.5, 0.6) is 0 Å². The Kier molecular flexibility index (Phi) is 6.01. The number of halogens is 1. The Hall–Kier alpha value is -0.230. The number of rotatable bonds is 0. The van der Waals surface area contributed by atoms with E-state index in [0.717, 1.165) is 11.5 Å². The van der Waals surface area contributed by atoms with Crippen LogP contribution in [0.4, 0.5) is 0 Å². The van der Waals surface area contributed by atoms with Gasteiger partial charge in [-0.3, -0.25) is 0 Å². The molecule has 0 unspecified atom stereocenters. The molecular weight excluding hydrogens is 180 g/mol. The molecule has 74 valence electrons. The minimum absolute atomic E-state index is 1.01. The van der Waals surface area contributed by atoms with Crippen LogP contribution in [0.1, 0.15) is 51.4 Å². The molecule has 0 aromatic heterocycles. The molecule has 0 radical (unpaired) electrons. The molecule has 0 fully saturated rings. The quantitative estimate of drug-likeness (QED) is 0.525. The monoisotopic (exact) mass is 198 g/mol. The van der Waals surface area contributed by atoms with Gasteiger partial charge in [-0.15, -0.1) is 0 Å². The van der Waals surface area contributed by atoms with Crippen molar-refractivity contribution < 1.29 is 0 Å². The fourth-order valence-electron chi connectivity index (χ4n) is 1.62. The second kappa shape index (κ2) is 7.20. The van der Waals surface area contributed by atoms with Crippen LogP contribution in [-0.2, 0) is 0 Å².